The van der Waals surface area contributed by atoms with E-state index in [9.17, 15) is 9.90 Å². The zero-order valence-electron chi connectivity index (χ0n) is 12.2. The summed E-state index contributed by atoms with van der Waals surface area (Å²) in [6.45, 7) is 0.171. The van der Waals surface area contributed by atoms with Crippen LogP contribution in [0.15, 0.2) is 34.7 Å². The third-order valence-corrected chi connectivity index (χ3v) is 4.25. The zero-order valence-corrected chi connectivity index (χ0v) is 13.7. The second-order valence-electron chi connectivity index (χ2n) is 4.98. The molecule has 3 aromatic rings. The van der Waals surface area contributed by atoms with Crippen LogP contribution in [0.5, 0.6) is 0 Å². The minimum atomic E-state index is -0.470. The number of hydrogen-bond donors (Lipinski definition) is 1. The molecular weight excluding hydrogens is 341 g/mol. The van der Waals surface area contributed by atoms with Crippen LogP contribution >= 0.6 is 23.2 Å². The highest BCUT2D eigenvalue weighted by atomic mass is 35.5. The number of aromatic nitrogens is 1. The molecule has 1 aromatic carbocycles. The fraction of sp³-hybridized carbons (Fsp3) is 0.188. The highest BCUT2D eigenvalue weighted by molar-refractivity contribution is 6.42. The van der Waals surface area contributed by atoms with Gasteiger partial charge in [0.2, 0.25) is 0 Å². The Morgan fingerprint density at radius 3 is 2.70 bits per heavy atom. The summed E-state index contributed by atoms with van der Waals surface area (Å²) in [4.78, 5) is 12.0. The van der Waals surface area contributed by atoms with E-state index in [0.29, 0.717) is 39.1 Å². The van der Waals surface area contributed by atoms with Crippen LogP contribution in [0.3, 0.4) is 0 Å². The van der Waals surface area contributed by atoms with Gasteiger partial charge in [0.05, 0.1) is 22.7 Å². The van der Waals surface area contributed by atoms with Crippen molar-refractivity contribution in [3.05, 3.63) is 57.4 Å². The summed E-state index contributed by atoms with van der Waals surface area (Å²) in [5, 5.41) is 10.1. The average molecular weight is 354 g/mol. The van der Waals surface area contributed by atoms with Gasteiger partial charge in [-0.2, -0.15) is 0 Å². The maximum atomic E-state index is 12.0. The van der Waals surface area contributed by atoms with Crippen molar-refractivity contribution in [2.75, 3.05) is 7.11 Å². The first-order valence-corrected chi connectivity index (χ1v) is 7.54. The molecule has 0 bridgehead atoms. The van der Waals surface area contributed by atoms with E-state index in [1.165, 1.54) is 7.11 Å². The average Bonchev–Trinajstić information content (AvgIpc) is 3.09. The second kappa shape index (κ2) is 6.28. The molecule has 2 heterocycles. The van der Waals surface area contributed by atoms with Crippen LogP contribution in [0.1, 0.15) is 21.8 Å². The monoisotopic (exact) mass is 353 g/mol. The van der Waals surface area contributed by atoms with Crippen molar-refractivity contribution in [1.82, 2.24) is 4.57 Å². The summed E-state index contributed by atoms with van der Waals surface area (Å²) in [7, 11) is 1.32. The molecule has 0 aliphatic heterocycles. The van der Waals surface area contributed by atoms with E-state index in [1.807, 2.05) is 6.07 Å². The lowest BCUT2D eigenvalue weighted by Crippen LogP contribution is -2.11. The predicted octanol–water partition coefficient (Wildman–Crippen LogP) is 3.87. The number of ether oxygens (including phenoxy) is 1. The number of furan rings is 1. The maximum absolute atomic E-state index is 12.0. The van der Waals surface area contributed by atoms with Gasteiger partial charge in [-0.25, -0.2) is 4.79 Å². The van der Waals surface area contributed by atoms with Crippen LogP contribution in [0.4, 0.5) is 0 Å². The van der Waals surface area contributed by atoms with Gasteiger partial charge in [0.1, 0.15) is 18.1 Å². The van der Waals surface area contributed by atoms with Gasteiger partial charge in [0.15, 0.2) is 5.58 Å². The van der Waals surface area contributed by atoms with Gasteiger partial charge >= 0.3 is 5.97 Å². The third-order valence-electron chi connectivity index (χ3n) is 3.52. The molecule has 0 fully saturated rings. The molecule has 0 amide bonds. The van der Waals surface area contributed by atoms with Gasteiger partial charge in [-0.1, -0.05) is 29.3 Å². The van der Waals surface area contributed by atoms with Crippen molar-refractivity contribution in [1.29, 1.82) is 0 Å². The number of esters is 1. The molecule has 5 nitrogen and oxygen atoms in total. The number of methoxy groups -OCH3 is 1. The smallest absolute Gasteiger partial charge is 0.354 e. The van der Waals surface area contributed by atoms with Crippen LogP contribution in [-0.4, -0.2) is 22.8 Å². The number of carbonyl (C=O) groups excluding carboxylic acids is 1. The number of fused-ring (bicyclic) bond motifs is 1. The van der Waals surface area contributed by atoms with Crippen molar-refractivity contribution in [2.45, 2.75) is 13.2 Å². The predicted molar refractivity (Wildman–Crippen MR) is 87.0 cm³/mol. The summed E-state index contributed by atoms with van der Waals surface area (Å²) in [6.07, 6.45) is 0. The summed E-state index contributed by atoms with van der Waals surface area (Å²) in [6, 6.07) is 8.56. The van der Waals surface area contributed by atoms with Gasteiger partial charge in [-0.15, -0.1) is 0 Å². The van der Waals surface area contributed by atoms with E-state index in [0.717, 1.165) is 5.56 Å². The first-order valence-electron chi connectivity index (χ1n) is 6.78. The number of aliphatic hydroxyl groups is 1. The van der Waals surface area contributed by atoms with Crippen LogP contribution in [0.2, 0.25) is 10.0 Å². The number of carbonyl (C=O) groups is 1. The molecule has 0 radical (unpaired) electrons. The molecule has 2 aromatic heterocycles. The standard InChI is InChI=1S/C16H13Cl2NO4/c1-22-16(21)14-6-15-13(5-10(8-20)23-15)19(14)7-9-2-3-11(17)12(18)4-9/h2-6,20H,7-8H2,1H3. The van der Waals surface area contributed by atoms with Gasteiger partial charge in [0, 0.05) is 18.7 Å². The lowest BCUT2D eigenvalue weighted by molar-refractivity contribution is 0.0589. The van der Waals surface area contributed by atoms with Gasteiger partial charge in [-0.3, -0.25) is 0 Å². The Bertz CT molecular complexity index is 882. The lowest BCUT2D eigenvalue weighted by Gasteiger charge is -2.09. The Balaban J connectivity index is 2.10. The topological polar surface area (TPSA) is 64.6 Å². The molecule has 0 spiro atoms. The lowest BCUT2D eigenvalue weighted by atomic mass is 10.2. The van der Waals surface area contributed by atoms with Crippen molar-refractivity contribution in [3.8, 4) is 0 Å². The van der Waals surface area contributed by atoms with E-state index in [2.05, 4.69) is 0 Å². The molecule has 0 saturated heterocycles. The summed E-state index contributed by atoms with van der Waals surface area (Å²) in [5.74, 6) is -0.0451. The molecule has 7 heteroatoms. The first kappa shape index (κ1) is 15.9. The maximum Gasteiger partial charge on any atom is 0.354 e. The quantitative estimate of drug-likeness (QED) is 0.723. The number of benzene rings is 1. The summed E-state index contributed by atoms with van der Waals surface area (Å²) < 4.78 is 12.1. The Hall–Kier alpha value is -1.95. The van der Waals surface area contributed by atoms with Gasteiger partial charge in [0.25, 0.3) is 0 Å². The highest BCUT2D eigenvalue weighted by Gasteiger charge is 2.19. The van der Waals surface area contributed by atoms with E-state index < -0.39 is 5.97 Å². The second-order valence-corrected chi connectivity index (χ2v) is 5.79. The number of aliphatic hydroxyl groups excluding tert-OH is 1. The van der Waals surface area contributed by atoms with E-state index in [1.54, 1.807) is 28.8 Å². The molecule has 0 aliphatic carbocycles. The number of hydrogen-bond acceptors (Lipinski definition) is 4. The molecule has 23 heavy (non-hydrogen) atoms. The molecular formula is C16H13Cl2NO4. The fourth-order valence-electron chi connectivity index (χ4n) is 2.44. The van der Waals surface area contributed by atoms with Crippen molar-refractivity contribution < 1.29 is 19.1 Å². The Labute approximate surface area is 142 Å². The molecule has 3 rings (SSSR count). The summed E-state index contributed by atoms with van der Waals surface area (Å²) >= 11 is 12.0. The van der Waals surface area contributed by atoms with Gasteiger partial charge in [-0.05, 0) is 17.7 Å². The molecule has 120 valence electrons. The zero-order chi connectivity index (χ0) is 16.6. The van der Waals surface area contributed by atoms with E-state index >= 15 is 0 Å². The number of rotatable bonds is 4. The largest absolute Gasteiger partial charge is 0.464 e. The highest BCUT2D eigenvalue weighted by Crippen LogP contribution is 2.28. The van der Waals surface area contributed by atoms with Crippen LogP contribution < -0.4 is 0 Å². The number of halogens is 2. The van der Waals surface area contributed by atoms with Crippen LogP contribution in [0.25, 0.3) is 11.1 Å². The molecule has 0 aliphatic rings. The Morgan fingerprint density at radius 1 is 1.26 bits per heavy atom. The van der Waals surface area contributed by atoms with Crippen LogP contribution in [0, 0.1) is 0 Å². The summed E-state index contributed by atoms with van der Waals surface area (Å²) in [5.41, 5.74) is 2.43. The molecule has 0 unspecified atom stereocenters. The first-order chi connectivity index (χ1) is 11.0. The van der Waals surface area contributed by atoms with Crippen molar-refractivity contribution in [3.63, 3.8) is 0 Å². The minimum absolute atomic E-state index is 0.213. The van der Waals surface area contributed by atoms with Crippen LogP contribution in [-0.2, 0) is 17.9 Å². The van der Waals surface area contributed by atoms with Crippen molar-refractivity contribution >= 4 is 40.3 Å². The Morgan fingerprint density at radius 2 is 2.04 bits per heavy atom. The third kappa shape index (κ3) is 2.95. The fourth-order valence-corrected chi connectivity index (χ4v) is 2.76. The van der Waals surface area contributed by atoms with E-state index in [4.69, 9.17) is 32.4 Å². The normalized spacial score (nSPS) is 11.1. The molecule has 1 N–H and O–H groups in total. The SMILES string of the molecule is COC(=O)c1cc2oc(CO)cc2n1Cc1ccc(Cl)c(Cl)c1. The minimum Gasteiger partial charge on any atom is -0.464 e. The number of nitrogens with zero attached hydrogens (tertiary/aromatic N) is 1. The van der Waals surface area contributed by atoms with Crippen molar-refractivity contribution in [2.24, 2.45) is 0 Å². The van der Waals surface area contributed by atoms with E-state index in [-0.39, 0.29) is 6.61 Å². The molecule has 0 atom stereocenters. The Kier molecular flexibility index (Phi) is 4.35. The molecule has 0 saturated carbocycles. The van der Waals surface area contributed by atoms with Gasteiger partial charge < -0.3 is 18.8 Å².